The Labute approximate surface area is 84.1 Å². The van der Waals surface area contributed by atoms with Crippen molar-refractivity contribution in [2.75, 3.05) is 13.2 Å². The van der Waals surface area contributed by atoms with Crippen molar-refractivity contribution >= 4 is 0 Å². The molecule has 4 nitrogen and oxygen atoms in total. The van der Waals surface area contributed by atoms with Gasteiger partial charge in [-0.3, -0.25) is 0 Å². The monoisotopic (exact) mass is 195 g/mol. The second kappa shape index (κ2) is 4.11. The quantitative estimate of drug-likeness (QED) is 0.781. The van der Waals surface area contributed by atoms with Crippen LogP contribution in [0.4, 0.5) is 0 Å². The molecule has 2 rings (SSSR count). The number of rotatable bonds is 3. The van der Waals surface area contributed by atoms with Crippen LogP contribution in [-0.4, -0.2) is 22.8 Å². The Hall–Kier alpha value is -0.870. The van der Waals surface area contributed by atoms with Crippen LogP contribution >= 0.6 is 0 Å². The third kappa shape index (κ3) is 1.67. The largest absolute Gasteiger partial charge is 0.381 e. The van der Waals surface area contributed by atoms with Crippen LogP contribution in [0, 0.1) is 5.92 Å². The van der Waals surface area contributed by atoms with Crippen LogP contribution in [0.25, 0.3) is 0 Å². The summed E-state index contributed by atoms with van der Waals surface area (Å²) in [5, 5.41) is 0. The van der Waals surface area contributed by atoms with Crippen molar-refractivity contribution in [2.24, 2.45) is 11.7 Å². The van der Waals surface area contributed by atoms with Crippen LogP contribution in [-0.2, 0) is 11.3 Å². The van der Waals surface area contributed by atoms with E-state index < -0.39 is 0 Å². The van der Waals surface area contributed by atoms with Gasteiger partial charge in [-0.2, -0.15) is 0 Å². The normalized spacial score (nSPS) is 24.0. The summed E-state index contributed by atoms with van der Waals surface area (Å²) in [7, 11) is 0. The van der Waals surface area contributed by atoms with E-state index in [1.54, 1.807) is 0 Å². The second-order valence-corrected chi connectivity index (χ2v) is 3.72. The van der Waals surface area contributed by atoms with Crippen LogP contribution in [0.3, 0.4) is 0 Å². The summed E-state index contributed by atoms with van der Waals surface area (Å²) in [5.74, 6) is 1.42. The van der Waals surface area contributed by atoms with Crippen molar-refractivity contribution in [2.45, 2.75) is 25.9 Å². The molecule has 1 saturated heterocycles. The third-order valence-electron chi connectivity index (χ3n) is 2.86. The van der Waals surface area contributed by atoms with E-state index in [-0.39, 0.29) is 6.04 Å². The molecular formula is C10H17N3O. The van der Waals surface area contributed by atoms with E-state index in [1.807, 2.05) is 12.4 Å². The van der Waals surface area contributed by atoms with E-state index in [0.717, 1.165) is 32.0 Å². The summed E-state index contributed by atoms with van der Waals surface area (Å²) in [6.45, 7) is 4.64. The number of nitrogens with zero attached hydrogens (tertiary/aromatic N) is 2. The smallest absolute Gasteiger partial charge is 0.125 e. The Morgan fingerprint density at radius 1 is 1.79 bits per heavy atom. The molecule has 0 bridgehead atoms. The maximum atomic E-state index is 6.16. The van der Waals surface area contributed by atoms with Gasteiger partial charge in [0.2, 0.25) is 0 Å². The van der Waals surface area contributed by atoms with Gasteiger partial charge in [-0.1, -0.05) is 0 Å². The summed E-state index contributed by atoms with van der Waals surface area (Å²) in [4.78, 5) is 4.31. The fourth-order valence-electron chi connectivity index (χ4n) is 1.93. The van der Waals surface area contributed by atoms with Gasteiger partial charge in [0, 0.05) is 31.5 Å². The predicted octanol–water partition coefficient (Wildman–Crippen LogP) is 0.939. The molecule has 0 aromatic carbocycles. The van der Waals surface area contributed by atoms with Crippen LogP contribution in [0.2, 0.25) is 0 Å². The van der Waals surface area contributed by atoms with E-state index in [1.165, 1.54) is 0 Å². The molecule has 1 aromatic rings. The number of hydrogen-bond donors (Lipinski definition) is 1. The van der Waals surface area contributed by atoms with Gasteiger partial charge < -0.3 is 15.0 Å². The van der Waals surface area contributed by atoms with E-state index in [9.17, 15) is 0 Å². The summed E-state index contributed by atoms with van der Waals surface area (Å²) in [6, 6.07) is 0.0208. The summed E-state index contributed by atoms with van der Waals surface area (Å²) < 4.78 is 7.43. The highest BCUT2D eigenvalue weighted by Gasteiger charge is 2.26. The Balaban J connectivity index is 2.12. The van der Waals surface area contributed by atoms with Crippen molar-refractivity contribution < 1.29 is 4.74 Å². The molecule has 14 heavy (non-hydrogen) atoms. The number of imidazole rings is 1. The SMILES string of the molecule is CCn1ccnc1C(N)C1CCOC1. The number of hydrogen-bond acceptors (Lipinski definition) is 3. The Bertz CT molecular complexity index is 291. The molecule has 2 atom stereocenters. The predicted molar refractivity (Wildman–Crippen MR) is 53.8 cm³/mol. The molecule has 78 valence electrons. The van der Waals surface area contributed by atoms with E-state index in [4.69, 9.17) is 10.5 Å². The van der Waals surface area contributed by atoms with Crippen molar-refractivity contribution in [3.63, 3.8) is 0 Å². The lowest BCUT2D eigenvalue weighted by Gasteiger charge is -2.17. The summed E-state index contributed by atoms with van der Waals surface area (Å²) >= 11 is 0. The lowest BCUT2D eigenvalue weighted by atomic mass is 9.99. The maximum absolute atomic E-state index is 6.16. The first-order chi connectivity index (χ1) is 6.83. The van der Waals surface area contributed by atoms with Crippen molar-refractivity contribution in [3.05, 3.63) is 18.2 Å². The highest BCUT2D eigenvalue weighted by atomic mass is 16.5. The first-order valence-corrected chi connectivity index (χ1v) is 5.17. The summed E-state index contributed by atoms with van der Waals surface area (Å²) in [6.07, 6.45) is 4.84. The fraction of sp³-hybridized carbons (Fsp3) is 0.700. The van der Waals surface area contributed by atoms with Crippen LogP contribution < -0.4 is 5.73 Å². The minimum absolute atomic E-state index is 0.0208. The number of aromatic nitrogens is 2. The molecule has 1 fully saturated rings. The zero-order valence-corrected chi connectivity index (χ0v) is 8.52. The third-order valence-corrected chi connectivity index (χ3v) is 2.86. The lowest BCUT2D eigenvalue weighted by molar-refractivity contribution is 0.179. The average Bonchev–Trinajstić information content (AvgIpc) is 2.87. The van der Waals surface area contributed by atoms with Crippen LogP contribution in [0.15, 0.2) is 12.4 Å². The van der Waals surface area contributed by atoms with Gasteiger partial charge in [0.25, 0.3) is 0 Å². The van der Waals surface area contributed by atoms with Gasteiger partial charge in [0.15, 0.2) is 0 Å². The summed E-state index contributed by atoms with van der Waals surface area (Å²) in [5.41, 5.74) is 6.16. The molecule has 2 unspecified atom stereocenters. The average molecular weight is 195 g/mol. The van der Waals surface area contributed by atoms with Gasteiger partial charge in [-0.15, -0.1) is 0 Å². The van der Waals surface area contributed by atoms with Gasteiger partial charge in [-0.05, 0) is 13.3 Å². The first-order valence-electron chi connectivity index (χ1n) is 5.17. The molecule has 0 spiro atoms. The molecule has 4 heteroatoms. The van der Waals surface area contributed by atoms with Gasteiger partial charge in [-0.25, -0.2) is 4.98 Å². The first kappa shape index (κ1) is 9.68. The van der Waals surface area contributed by atoms with E-state index in [2.05, 4.69) is 16.5 Å². The molecule has 1 aliphatic rings. The minimum atomic E-state index is 0.0208. The highest BCUT2D eigenvalue weighted by molar-refractivity contribution is 5.01. The molecule has 0 saturated carbocycles. The molecule has 1 aliphatic heterocycles. The van der Waals surface area contributed by atoms with Gasteiger partial charge >= 0.3 is 0 Å². The van der Waals surface area contributed by atoms with Crippen molar-refractivity contribution in [1.82, 2.24) is 9.55 Å². The minimum Gasteiger partial charge on any atom is -0.381 e. The van der Waals surface area contributed by atoms with Crippen LogP contribution in [0.1, 0.15) is 25.2 Å². The molecule has 2 heterocycles. The highest BCUT2D eigenvalue weighted by Crippen LogP contribution is 2.25. The van der Waals surface area contributed by atoms with E-state index in [0.29, 0.717) is 5.92 Å². The molecule has 0 aliphatic carbocycles. The fourth-order valence-corrected chi connectivity index (χ4v) is 1.93. The van der Waals surface area contributed by atoms with Gasteiger partial charge in [0.1, 0.15) is 5.82 Å². The Kier molecular flexibility index (Phi) is 2.84. The Morgan fingerprint density at radius 3 is 3.29 bits per heavy atom. The number of ether oxygens (including phenoxy) is 1. The van der Waals surface area contributed by atoms with Crippen LogP contribution in [0.5, 0.6) is 0 Å². The number of aryl methyl sites for hydroxylation is 1. The Morgan fingerprint density at radius 2 is 2.64 bits per heavy atom. The van der Waals surface area contributed by atoms with Gasteiger partial charge in [0.05, 0.1) is 12.6 Å². The zero-order chi connectivity index (χ0) is 9.97. The molecule has 2 N–H and O–H groups in total. The lowest BCUT2D eigenvalue weighted by Crippen LogP contribution is -2.25. The number of nitrogens with two attached hydrogens (primary N) is 1. The standard InChI is InChI=1S/C10H17N3O/c1-2-13-5-4-12-10(13)9(11)8-3-6-14-7-8/h4-5,8-9H,2-3,6-7,11H2,1H3. The maximum Gasteiger partial charge on any atom is 0.125 e. The zero-order valence-electron chi connectivity index (χ0n) is 8.52. The molecule has 1 aromatic heterocycles. The second-order valence-electron chi connectivity index (χ2n) is 3.72. The van der Waals surface area contributed by atoms with E-state index >= 15 is 0 Å². The van der Waals surface area contributed by atoms with Crippen molar-refractivity contribution in [1.29, 1.82) is 0 Å². The molecular weight excluding hydrogens is 178 g/mol. The van der Waals surface area contributed by atoms with Crippen molar-refractivity contribution in [3.8, 4) is 0 Å². The molecule has 0 radical (unpaired) electrons. The topological polar surface area (TPSA) is 53.1 Å². The molecule has 0 amide bonds.